The number of benzene rings is 1. The lowest BCUT2D eigenvalue weighted by Crippen LogP contribution is -2.34. The van der Waals surface area contributed by atoms with Gasteiger partial charge < -0.3 is 18.9 Å². The Morgan fingerprint density at radius 2 is 2.25 bits per heavy atom. The van der Waals surface area contributed by atoms with Crippen LogP contribution in [-0.2, 0) is 25.6 Å². The second-order valence-corrected chi connectivity index (χ2v) is 6.55. The van der Waals surface area contributed by atoms with Gasteiger partial charge in [0.15, 0.2) is 6.10 Å². The number of nitrogens with one attached hydrogen (secondary N) is 1. The highest BCUT2D eigenvalue weighted by atomic mass is 16.6. The SMILES string of the molecule is COCc1cn([C@H]2CO[C@H]3[C@@H]2OC[C@H]3OC(=O)Nc2cccc(C#N)c2)nn1. The van der Waals surface area contributed by atoms with Gasteiger partial charge in [0, 0.05) is 12.8 Å². The molecule has 1 aromatic carbocycles. The molecule has 10 nitrogen and oxygen atoms in total. The van der Waals surface area contributed by atoms with Crippen LogP contribution >= 0.6 is 0 Å². The van der Waals surface area contributed by atoms with Gasteiger partial charge in [-0.3, -0.25) is 5.32 Å². The number of carbonyl (C=O) groups is 1. The topological polar surface area (TPSA) is 121 Å². The smallest absolute Gasteiger partial charge is 0.412 e. The van der Waals surface area contributed by atoms with Crippen LogP contribution in [0.25, 0.3) is 0 Å². The van der Waals surface area contributed by atoms with Crippen molar-refractivity contribution >= 4 is 11.8 Å². The second-order valence-electron chi connectivity index (χ2n) is 6.55. The Labute approximate surface area is 160 Å². The third-order valence-corrected chi connectivity index (χ3v) is 4.67. The number of rotatable bonds is 5. The maximum absolute atomic E-state index is 12.2. The van der Waals surface area contributed by atoms with Crippen molar-refractivity contribution < 1.29 is 23.7 Å². The van der Waals surface area contributed by atoms with Gasteiger partial charge in [0.25, 0.3) is 0 Å². The molecule has 0 unspecified atom stereocenters. The number of methoxy groups -OCH3 is 1. The van der Waals surface area contributed by atoms with E-state index in [1.54, 1.807) is 42.3 Å². The molecular weight excluding hydrogens is 366 g/mol. The van der Waals surface area contributed by atoms with Gasteiger partial charge in [0.1, 0.15) is 23.9 Å². The predicted octanol–water partition coefficient (Wildman–Crippen LogP) is 1.25. The first kappa shape index (κ1) is 18.4. The van der Waals surface area contributed by atoms with Crippen LogP contribution in [0.15, 0.2) is 30.5 Å². The summed E-state index contributed by atoms with van der Waals surface area (Å²) in [5, 5.41) is 19.7. The Bertz CT molecular complexity index is 894. The van der Waals surface area contributed by atoms with Crippen molar-refractivity contribution in [3.05, 3.63) is 41.7 Å². The molecule has 4 rings (SSSR count). The molecule has 0 radical (unpaired) electrons. The summed E-state index contributed by atoms with van der Waals surface area (Å²) in [5.41, 5.74) is 1.65. The van der Waals surface area contributed by atoms with Crippen LogP contribution < -0.4 is 5.32 Å². The summed E-state index contributed by atoms with van der Waals surface area (Å²) >= 11 is 0. The molecule has 2 aliphatic heterocycles. The third kappa shape index (κ3) is 3.68. The fourth-order valence-corrected chi connectivity index (χ4v) is 3.41. The molecule has 2 saturated heterocycles. The molecule has 1 amide bonds. The van der Waals surface area contributed by atoms with Crippen LogP contribution in [0.1, 0.15) is 17.3 Å². The fraction of sp³-hybridized carbons (Fsp3) is 0.444. The Morgan fingerprint density at radius 1 is 1.39 bits per heavy atom. The summed E-state index contributed by atoms with van der Waals surface area (Å²) in [4.78, 5) is 12.2. The Morgan fingerprint density at radius 3 is 3.07 bits per heavy atom. The van der Waals surface area contributed by atoms with Crippen LogP contribution in [-0.4, -0.2) is 59.7 Å². The zero-order valence-corrected chi connectivity index (χ0v) is 15.1. The lowest BCUT2D eigenvalue weighted by Gasteiger charge is -2.17. The first-order valence-corrected chi connectivity index (χ1v) is 8.78. The molecule has 2 aliphatic rings. The number of nitriles is 1. The van der Waals surface area contributed by atoms with Crippen LogP contribution in [0, 0.1) is 11.3 Å². The first-order valence-electron chi connectivity index (χ1n) is 8.78. The number of anilines is 1. The van der Waals surface area contributed by atoms with Gasteiger partial charge in [-0.05, 0) is 18.2 Å². The van der Waals surface area contributed by atoms with Crippen molar-refractivity contribution in [1.29, 1.82) is 5.26 Å². The van der Waals surface area contributed by atoms with Gasteiger partial charge >= 0.3 is 6.09 Å². The van der Waals surface area contributed by atoms with Crippen molar-refractivity contribution in [2.45, 2.75) is 31.0 Å². The molecule has 1 aromatic heterocycles. The molecule has 146 valence electrons. The van der Waals surface area contributed by atoms with E-state index in [4.69, 9.17) is 24.2 Å². The lowest BCUT2D eigenvalue weighted by atomic mass is 10.1. The lowest BCUT2D eigenvalue weighted by molar-refractivity contribution is 0.00770. The van der Waals surface area contributed by atoms with Crippen molar-refractivity contribution in [3.63, 3.8) is 0 Å². The van der Waals surface area contributed by atoms with Gasteiger partial charge in [-0.15, -0.1) is 5.10 Å². The Kier molecular flexibility index (Phi) is 5.21. The molecule has 10 heteroatoms. The van der Waals surface area contributed by atoms with E-state index in [2.05, 4.69) is 15.6 Å². The number of amides is 1. The fourth-order valence-electron chi connectivity index (χ4n) is 3.41. The third-order valence-electron chi connectivity index (χ3n) is 4.67. The summed E-state index contributed by atoms with van der Waals surface area (Å²) in [6.45, 7) is 0.995. The molecule has 28 heavy (non-hydrogen) atoms. The standard InChI is InChI=1S/C18H19N5O5/c1-25-8-13-7-23(22-21-13)14-9-26-17-15(10-27-16(14)17)28-18(24)20-12-4-2-3-11(5-12)6-19/h2-5,7,14-17H,8-10H2,1H3,(H,20,24)/t14-,15+,16+,17+/m0/s1. The van der Waals surface area contributed by atoms with Crippen LogP contribution in [0.2, 0.25) is 0 Å². The van der Waals surface area contributed by atoms with Crippen molar-refractivity contribution in [1.82, 2.24) is 15.0 Å². The van der Waals surface area contributed by atoms with Crippen LogP contribution in [0.5, 0.6) is 0 Å². The summed E-state index contributed by atoms with van der Waals surface area (Å²) in [7, 11) is 1.59. The quantitative estimate of drug-likeness (QED) is 0.816. The highest BCUT2D eigenvalue weighted by Gasteiger charge is 2.50. The minimum atomic E-state index is -0.625. The van der Waals surface area contributed by atoms with Crippen LogP contribution in [0.3, 0.4) is 0 Å². The molecule has 2 fully saturated rings. The maximum Gasteiger partial charge on any atom is 0.412 e. The highest BCUT2D eigenvalue weighted by molar-refractivity contribution is 5.85. The van der Waals surface area contributed by atoms with Crippen LogP contribution in [0.4, 0.5) is 10.5 Å². The summed E-state index contributed by atoms with van der Waals surface area (Å²) in [6.07, 6.45) is -0.0180. The first-order chi connectivity index (χ1) is 13.7. The number of hydrogen-bond acceptors (Lipinski definition) is 8. The number of ether oxygens (including phenoxy) is 4. The van der Waals surface area contributed by atoms with E-state index >= 15 is 0 Å². The number of hydrogen-bond donors (Lipinski definition) is 1. The van der Waals surface area contributed by atoms with Crippen molar-refractivity contribution in [2.75, 3.05) is 25.6 Å². The maximum atomic E-state index is 12.2. The Balaban J connectivity index is 1.36. The van der Waals surface area contributed by atoms with Gasteiger partial charge in [-0.2, -0.15) is 5.26 Å². The average Bonchev–Trinajstić information content (AvgIpc) is 3.40. The largest absolute Gasteiger partial charge is 0.441 e. The van der Waals surface area contributed by atoms with E-state index in [1.807, 2.05) is 6.07 Å². The number of aromatic nitrogens is 3. The van der Waals surface area contributed by atoms with Gasteiger partial charge in [0.2, 0.25) is 0 Å². The number of carbonyl (C=O) groups excluding carboxylic acids is 1. The van der Waals surface area contributed by atoms with E-state index < -0.39 is 12.2 Å². The molecule has 1 N–H and O–H groups in total. The predicted molar refractivity (Wildman–Crippen MR) is 94.3 cm³/mol. The number of nitrogens with zero attached hydrogens (tertiary/aromatic N) is 4. The highest BCUT2D eigenvalue weighted by Crippen LogP contribution is 2.35. The minimum absolute atomic E-state index is 0.146. The monoisotopic (exact) mass is 385 g/mol. The second kappa shape index (κ2) is 7.93. The van der Waals surface area contributed by atoms with E-state index in [9.17, 15) is 4.79 Å². The van der Waals surface area contributed by atoms with Crippen molar-refractivity contribution in [2.24, 2.45) is 0 Å². The molecule has 0 bridgehead atoms. The van der Waals surface area contributed by atoms with Gasteiger partial charge in [-0.1, -0.05) is 11.3 Å². The van der Waals surface area contributed by atoms with Gasteiger partial charge in [0.05, 0.1) is 37.7 Å². The molecule has 4 atom stereocenters. The average molecular weight is 385 g/mol. The van der Waals surface area contributed by atoms with Crippen molar-refractivity contribution in [3.8, 4) is 6.07 Å². The number of fused-ring (bicyclic) bond motifs is 1. The van der Waals surface area contributed by atoms with E-state index in [0.717, 1.165) is 5.69 Å². The normalized spacial score (nSPS) is 25.9. The minimum Gasteiger partial charge on any atom is -0.441 e. The summed E-state index contributed by atoms with van der Waals surface area (Å²) < 4.78 is 23.9. The van der Waals surface area contributed by atoms with E-state index in [0.29, 0.717) is 24.5 Å². The zero-order chi connectivity index (χ0) is 19.5. The van der Waals surface area contributed by atoms with E-state index in [-0.39, 0.29) is 24.9 Å². The summed E-state index contributed by atoms with van der Waals surface area (Å²) in [5.74, 6) is 0. The van der Waals surface area contributed by atoms with Gasteiger partial charge in [-0.25, -0.2) is 9.48 Å². The molecule has 0 saturated carbocycles. The van der Waals surface area contributed by atoms with E-state index in [1.165, 1.54) is 0 Å². The molecule has 3 heterocycles. The molecule has 2 aromatic rings. The molecule has 0 spiro atoms. The Hall–Kier alpha value is -3.00. The zero-order valence-electron chi connectivity index (χ0n) is 15.1. The summed E-state index contributed by atoms with van der Waals surface area (Å²) in [6, 6.07) is 8.46. The molecule has 0 aliphatic carbocycles. The molecular formula is C18H19N5O5.